The zero-order valence-corrected chi connectivity index (χ0v) is 22.8. The smallest absolute Gasteiger partial charge is 0.270 e. The summed E-state index contributed by atoms with van der Waals surface area (Å²) in [4.78, 5) is 46.9. The molecular weight excluding hydrogens is 528 g/mol. The third-order valence-corrected chi connectivity index (χ3v) is 9.19. The van der Waals surface area contributed by atoms with E-state index in [9.17, 15) is 28.4 Å². The number of likely N-dealkylation sites (N-methyl/N-ethyl adjacent to an activating group) is 1. The molecule has 10 heteroatoms. The van der Waals surface area contributed by atoms with E-state index < -0.39 is 35.0 Å². The molecule has 6 rings (SSSR count). The molecule has 1 aromatic heterocycles. The number of aromatic nitrogens is 1. The maximum Gasteiger partial charge on any atom is 0.270 e. The molecule has 1 saturated carbocycles. The fourth-order valence-corrected chi connectivity index (χ4v) is 6.93. The van der Waals surface area contributed by atoms with Gasteiger partial charge in [0.25, 0.3) is 5.91 Å². The average Bonchev–Trinajstić information content (AvgIpc) is 3.68. The second-order valence-electron chi connectivity index (χ2n) is 11.6. The number of likely N-dealkylation sites (tertiary alicyclic amines) is 1. The van der Waals surface area contributed by atoms with E-state index in [0.717, 1.165) is 43.7 Å². The second-order valence-corrected chi connectivity index (χ2v) is 11.6. The summed E-state index contributed by atoms with van der Waals surface area (Å²) in [5, 5.41) is 12.9. The van der Waals surface area contributed by atoms with Crippen LogP contribution in [0.3, 0.4) is 0 Å². The summed E-state index contributed by atoms with van der Waals surface area (Å²) in [6.07, 6.45) is 5.66. The summed E-state index contributed by atoms with van der Waals surface area (Å²) in [6.45, 7) is 0.0347. The maximum absolute atomic E-state index is 14.4. The molecule has 3 aromatic rings. The summed E-state index contributed by atoms with van der Waals surface area (Å²) in [5.41, 5.74) is 0.710. The van der Waals surface area contributed by atoms with Crippen LogP contribution in [-0.2, 0) is 15.0 Å². The van der Waals surface area contributed by atoms with Crippen molar-refractivity contribution in [2.24, 2.45) is 5.92 Å². The van der Waals surface area contributed by atoms with Crippen molar-refractivity contribution in [3.05, 3.63) is 65.4 Å². The first-order chi connectivity index (χ1) is 19.7. The Balaban J connectivity index is 1.33. The largest absolute Gasteiger partial charge is 0.350 e. The van der Waals surface area contributed by atoms with Crippen LogP contribution in [0.4, 0.5) is 14.5 Å². The van der Waals surface area contributed by atoms with Crippen molar-refractivity contribution in [2.75, 3.05) is 18.9 Å². The minimum absolute atomic E-state index is 0.0345. The van der Waals surface area contributed by atoms with Crippen LogP contribution in [0, 0.1) is 28.9 Å². The predicted octanol–water partition coefficient (Wildman–Crippen LogP) is 4.87. The van der Waals surface area contributed by atoms with Crippen LogP contribution in [0.5, 0.6) is 0 Å². The van der Waals surface area contributed by atoms with E-state index in [1.165, 1.54) is 29.0 Å². The lowest BCUT2D eigenvalue weighted by molar-refractivity contribution is -0.136. The average molecular weight is 560 g/mol. The van der Waals surface area contributed by atoms with Gasteiger partial charge in [-0.05, 0) is 42.2 Å². The summed E-state index contributed by atoms with van der Waals surface area (Å²) in [7, 11) is 1.53. The molecule has 0 radical (unpaired) electrons. The molecule has 0 unspecified atom stereocenters. The van der Waals surface area contributed by atoms with Gasteiger partial charge in [0, 0.05) is 36.6 Å². The number of para-hydroxylation sites is 1. The first-order valence-corrected chi connectivity index (χ1v) is 14.1. The number of hydrogen-bond donors (Lipinski definition) is 2. The van der Waals surface area contributed by atoms with Crippen molar-refractivity contribution in [1.82, 2.24) is 14.8 Å². The number of carbonyl (C=O) groups is 3. The number of rotatable bonds is 5. The molecule has 2 N–H and O–H groups in total. The fraction of sp³-hybridized carbons (Fsp3) is 0.419. The number of nitrogens with zero attached hydrogens (tertiary/aromatic N) is 3. The lowest BCUT2D eigenvalue weighted by atomic mass is 9.80. The Morgan fingerprint density at radius 2 is 1.93 bits per heavy atom. The van der Waals surface area contributed by atoms with Crippen LogP contribution in [0.15, 0.2) is 42.5 Å². The molecule has 3 atom stereocenters. The standard InChI is InChI=1S/C31H31F2N5O3/c1-37(28(39)25-14-20-23(35-25)12-11-22(32)27(20)33)26(13-18-7-3-2-4-8-18)29(40)38-17-31(15-19(38)16-34)21-9-5-6-10-24(21)36-30(31)41/h5-6,9-12,14,18-19,26,35H,2-4,7-8,13,15,17H2,1H3,(H,36,41)/t19-,26-,31-/m0/s1. The van der Waals surface area contributed by atoms with Crippen molar-refractivity contribution < 1.29 is 23.2 Å². The first kappa shape index (κ1) is 26.9. The number of aromatic amines is 1. The number of anilines is 1. The highest BCUT2D eigenvalue weighted by Gasteiger charge is 2.56. The summed E-state index contributed by atoms with van der Waals surface area (Å²) >= 11 is 0. The van der Waals surface area contributed by atoms with E-state index in [1.54, 1.807) is 6.07 Å². The number of amides is 3. The maximum atomic E-state index is 14.4. The molecule has 0 bridgehead atoms. The molecule has 8 nitrogen and oxygen atoms in total. The van der Waals surface area contributed by atoms with E-state index in [1.807, 2.05) is 18.2 Å². The van der Waals surface area contributed by atoms with E-state index in [2.05, 4.69) is 16.4 Å². The first-order valence-electron chi connectivity index (χ1n) is 14.1. The van der Waals surface area contributed by atoms with Crippen LogP contribution in [0.1, 0.15) is 61.0 Å². The molecule has 1 aliphatic carbocycles. The number of benzene rings is 2. The topological polar surface area (TPSA) is 109 Å². The monoisotopic (exact) mass is 559 g/mol. The minimum Gasteiger partial charge on any atom is -0.350 e. The van der Waals surface area contributed by atoms with Gasteiger partial charge >= 0.3 is 0 Å². The number of fused-ring (bicyclic) bond motifs is 3. The highest BCUT2D eigenvalue weighted by Crippen LogP contribution is 2.46. The number of hydrogen-bond acceptors (Lipinski definition) is 4. The quantitative estimate of drug-likeness (QED) is 0.465. The number of carbonyl (C=O) groups excluding carboxylic acids is 3. The molecule has 2 aromatic carbocycles. The zero-order valence-electron chi connectivity index (χ0n) is 22.8. The Kier molecular flexibility index (Phi) is 6.76. The molecule has 3 amide bonds. The van der Waals surface area contributed by atoms with Gasteiger partial charge in [-0.25, -0.2) is 8.78 Å². The van der Waals surface area contributed by atoms with Gasteiger partial charge in [0.15, 0.2) is 11.6 Å². The van der Waals surface area contributed by atoms with Crippen molar-refractivity contribution in [1.29, 1.82) is 5.26 Å². The van der Waals surface area contributed by atoms with E-state index in [4.69, 9.17) is 0 Å². The van der Waals surface area contributed by atoms with Gasteiger partial charge < -0.3 is 20.1 Å². The van der Waals surface area contributed by atoms with Gasteiger partial charge in [-0.15, -0.1) is 0 Å². The zero-order chi connectivity index (χ0) is 28.9. The Labute approximate surface area is 236 Å². The predicted molar refractivity (Wildman–Crippen MR) is 148 cm³/mol. The van der Waals surface area contributed by atoms with Gasteiger partial charge in [-0.3, -0.25) is 14.4 Å². The van der Waals surface area contributed by atoms with Gasteiger partial charge in [0.05, 0.1) is 11.5 Å². The van der Waals surface area contributed by atoms with Crippen LogP contribution in [-0.4, -0.2) is 58.2 Å². The Hall–Kier alpha value is -4.26. The Morgan fingerprint density at radius 1 is 1.17 bits per heavy atom. The van der Waals surface area contributed by atoms with Gasteiger partial charge in [0.1, 0.15) is 17.8 Å². The number of halogens is 2. The lowest BCUT2D eigenvalue weighted by Crippen LogP contribution is -2.52. The summed E-state index contributed by atoms with van der Waals surface area (Å²) in [6, 6.07) is 11.4. The number of nitrogens with one attached hydrogen (secondary N) is 2. The molecule has 1 spiro atoms. The van der Waals surface area contributed by atoms with Crippen molar-refractivity contribution in [2.45, 2.75) is 62.4 Å². The Morgan fingerprint density at radius 3 is 2.68 bits per heavy atom. The number of H-pyrrole nitrogens is 1. The van der Waals surface area contributed by atoms with Crippen LogP contribution in [0.25, 0.3) is 10.9 Å². The number of nitriles is 1. The van der Waals surface area contributed by atoms with Crippen LogP contribution in [0.2, 0.25) is 0 Å². The molecule has 212 valence electrons. The molecule has 3 aliphatic rings. The highest BCUT2D eigenvalue weighted by atomic mass is 19.2. The van der Waals surface area contributed by atoms with E-state index in [0.29, 0.717) is 12.1 Å². The molecule has 1 saturated heterocycles. The van der Waals surface area contributed by atoms with Gasteiger partial charge in [-0.2, -0.15) is 5.26 Å². The van der Waals surface area contributed by atoms with Gasteiger partial charge in [-0.1, -0.05) is 50.3 Å². The third kappa shape index (κ3) is 4.44. The van der Waals surface area contributed by atoms with Gasteiger partial charge in [0.2, 0.25) is 11.8 Å². The third-order valence-electron chi connectivity index (χ3n) is 9.19. The molecule has 2 fully saturated rings. The SMILES string of the molecule is CN(C(=O)c1cc2c(F)c(F)ccc2[nH]1)[C@@H](CC1CCCCC1)C(=O)N1C[C@]2(C[C@H]1C#N)C(=O)Nc1ccccc12. The van der Waals surface area contributed by atoms with E-state index >= 15 is 0 Å². The molecule has 41 heavy (non-hydrogen) atoms. The van der Waals surface area contributed by atoms with Crippen molar-refractivity contribution in [3.63, 3.8) is 0 Å². The normalized spacial score (nSPS) is 22.9. The fourth-order valence-electron chi connectivity index (χ4n) is 6.93. The van der Waals surface area contributed by atoms with Crippen LogP contribution >= 0.6 is 0 Å². The molecule has 3 heterocycles. The second kappa shape index (κ2) is 10.3. The van der Waals surface area contributed by atoms with Crippen molar-refractivity contribution >= 4 is 34.3 Å². The lowest BCUT2D eigenvalue weighted by Gasteiger charge is -2.35. The van der Waals surface area contributed by atoms with E-state index in [-0.39, 0.29) is 47.3 Å². The summed E-state index contributed by atoms with van der Waals surface area (Å²) < 4.78 is 28.2. The molecular formula is C31H31F2N5O3. The van der Waals surface area contributed by atoms with Crippen LogP contribution < -0.4 is 5.32 Å². The highest BCUT2D eigenvalue weighted by molar-refractivity contribution is 6.07. The minimum atomic E-state index is -1.05. The Bertz CT molecular complexity index is 1590. The summed E-state index contributed by atoms with van der Waals surface area (Å²) in [5.74, 6) is -3.02. The van der Waals surface area contributed by atoms with Crippen molar-refractivity contribution in [3.8, 4) is 6.07 Å². The molecule has 2 aliphatic heterocycles.